The number of rotatable bonds is 3. The number of hydrogen-bond donors (Lipinski definition) is 1. The molecule has 2 fully saturated rings. The lowest BCUT2D eigenvalue weighted by Gasteiger charge is -2.38. The molecule has 0 saturated carbocycles. The van der Waals surface area contributed by atoms with Gasteiger partial charge in [0.25, 0.3) is 0 Å². The van der Waals surface area contributed by atoms with Gasteiger partial charge in [0.15, 0.2) is 6.20 Å². The molecule has 8 nitrogen and oxygen atoms in total. The maximum Gasteiger partial charge on any atom is 0.428 e. The van der Waals surface area contributed by atoms with E-state index in [1.54, 1.807) is 11.0 Å². The van der Waals surface area contributed by atoms with E-state index in [4.69, 9.17) is 11.3 Å². The first-order valence-corrected chi connectivity index (χ1v) is 13.3. The number of benzene rings is 1. The second-order valence-corrected chi connectivity index (χ2v) is 10.9. The molecule has 2 saturated heterocycles. The van der Waals surface area contributed by atoms with Gasteiger partial charge in [0.1, 0.15) is 17.9 Å². The van der Waals surface area contributed by atoms with E-state index >= 15 is 0 Å². The van der Waals surface area contributed by atoms with Gasteiger partial charge in [-0.1, -0.05) is 26.0 Å². The van der Waals surface area contributed by atoms with Crippen LogP contribution < -0.4 is 10.1 Å². The third-order valence-corrected chi connectivity index (χ3v) is 8.19. The predicted octanol–water partition coefficient (Wildman–Crippen LogP) is 4.58. The zero-order valence-corrected chi connectivity index (χ0v) is 22.0. The number of nitrogens with zero attached hydrogens (tertiary/aromatic N) is 4. The summed E-state index contributed by atoms with van der Waals surface area (Å²) < 4.78 is 6.57. The summed E-state index contributed by atoms with van der Waals surface area (Å²) in [5.74, 6) is 0.483. The van der Waals surface area contributed by atoms with Crippen molar-refractivity contribution in [2.45, 2.75) is 64.0 Å². The van der Waals surface area contributed by atoms with E-state index in [1.165, 1.54) is 11.8 Å². The van der Waals surface area contributed by atoms with Crippen LogP contribution in [0.4, 0.5) is 11.5 Å². The molecule has 0 bridgehead atoms. The van der Waals surface area contributed by atoms with Crippen molar-refractivity contribution < 1.29 is 14.3 Å². The molecular formula is C29H36N5O3+. The number of pyridine rings is 1. The van der Waals surface area contributed by atoms with Crippen LogP contribution in [0.15, 0.2) is 30.5 Å². The first-order chi connectivity index (χ1) is 17.8. The molecular weight excluding hydrogens is 466 g/mol. The molecule has 1 aromatic carbocycles. The molecule has 37 heavy (non-hydrogen) atoms. The zero-order valence-electron chi connectivity index (χ0n) is 22.0. The zero-order chi connectivity index (χ0) is 26.2. The van der Waals surface area contributed by atoms with E-state index < -0.39 is 11.8 Å². The molecule has 1 spiro atoms. The van der Waals surface area contributed by atoms with Gasteiger partial charge in [-0.2, -0.15) is 4.85 Å². The molecule has 4 heterocycles. The van der Waals surface area contributed by atoms with Crippen molar-refractivity contribution in [3.8, 4) is 12.3 Å². The van der Waals surface area contributed by atoms with Crippen LogP contribution in [0.2, 0.25) is 0 Å². The summed E-state index contributed by atoms with van der Waals surface area (Å²) in [6.45, 7) is 12.1. The minimum Gasteiger partial charge on any atom is -0.487 e. The number of aromatic nitrogens is 1. The molecule has 5 rings (SSSR count). The summed E-state index contributed by atoms with van der Waals surface area (Å²) in [5, 5.41) is 2.73. The number of carbonyl (C=O) groups is 2. The Balaban J connectivity index is 1.34. The smallest absolute Gasteiger partial charge is 0.428 e. The van der Waals surface area contributed by atoms with E-state index in [2.05, 4.69) is 52.2 Å². The van der Waals surface area contributed by atoms with Crippen LogP contribution in [0.1, 0.15) is 62.3 Å². The summed E-state index contributed by atoms with van der Waals surface area (Å²) in [6, 6.07) is 7.97. The quantitative estimate of drug-likeness (QED) is 0.622. The van der Waals surface area contributed by atoms with Crippen molar-refractivity contribution in [1.82, 2.24) is 14.8 Å². The number of hydrogen-bond acceptors (Lipinski definition) is 5. The van der Waals surface area contributed by atoms with Crippen LogP contribution in [-0.4, -0.2) is 58.9 Å². The van der Waals surface area contributed by atoms with Crippen LogP contribution in [0.3, 0.4) is 0 Å². The summed E-state index contributed by atoms with van der Waals surface area (Å²) >= 11 is 0. The highest BCUT2D eigenvalue weighted by Crippen LogP contribution is 2.43. The molecule has 0 unspecified atom stereocenters. The second-order valence-electron chi connectivity index (χ2n) is 10.9. The molecule has 2 aromatic rings. The predicted molar refractivity (Wildman–Crippen MR) is 143 cm³/mol. The van der Waals surface area contributed by atoms with Crippen molar-refractivity contribution in [3.63, 3.8) is 0 Å². The first-order valence-electron chi connectivity index (χ1n) is 13.3. The number of likely N-dealkylation sites (tertiary alicyclic amines) is 2. The molecule has 3 aliphatic heterocycles. The van der Waals surface area contributed by atoms with E-state index in [0.717, 1.165) is 62.1 Å². The number of ether oxygens (including phenoxy) is 1. The van der Waals surface area contributed by atoms with Gasteiger partial charge in [0, 0.05) is 38.9 Å². The minimum atomic E-state index is -0.664. The van der Waals surface area contributed by atoms with Crippen LogP contribution >= 0.6 is 0 Å². The number of amides is 2. The van der Waals surface area contributed by atoms with Crippen LogP contribution in [-0.2, 0) is 22.4 Å². The van der Waals surface area contributed by atoms with Crippen LogP contribution in [0.5, 0.6) is 5.75 Å². The van der Waals surface area contributed by atoms with E-state index in [1.807, 2.05) is 6.92 Å². The molecule has 2 amide bonds. The molecule has 2 atom stereocenters. The Morgan fingerprint density at radius 1 is 1.24 bits per heavy atom. The maximum atomic E-state index is 13.4. The number of anilines is 1. The molecule has 8 heteroatoms. The average Bonchev–Trinajstić information content (AvgIpc) is 3.27. The highest BCUT2D eigenvalue weighted by atomic mass is 16.5. The summed E-state index contributed by atoms with van der Waals surface area (Å²) in [4.78, 5) is 38.4. The van der Waals surface area contributed by atoms with Gasteiger partial charge in [0.2, 0.25) is 0 Å². The summed E-state index contributed by atoms with van der Waals surface area (Å²) in [6.07, 6.45) is 6.92. The highest BCUT2D eigenvalue weighted by Gasteiger charge is 2.42. The minimum absolute atomic E-state index is 0.109. The van der Waals surface area contributed by atoms with Gasteiger partial charge in [-0.05, 0) is 60.5 Å². The van der Waals surface area contributed by atoms with Gasteiger partial charge in [0.05, 0.1) is 17.3 Å². The normalized spacial score (nSPS) is 22.7. The lowest BCUT2D eigenvalue weighted by molar-refractivity contribution is -0.146. The van der Waals surface area contributed by atoms with Crippen molar-refractivity contribution in [1.29, 1.82) is 0 Å². The number of nitrogens with one attached hydrogen (secondary N) is 1. The van der Waals surface area contributed by atoms with Gasteiger partial charge < -0.3 is 19.9 Å². The molecule has 194 valence electrons. The van der Waals surface area contributed by atoms with Crippen LogP contribution in [0.25, 0.3) is 4.85 Å². The standard InChI is InChI=1S/C29H35N5O3/c1-5-20-14-23(17-31-26(20)30-3)32-27(35)28(36)34-18-19(2)6-9-24(34)21-7-8-22-16-29(37-25(22)15-21)10-12-33(4)13-11-29/h3,7-8,14-15,17,19,24H,5-6,9-13,16,18H2,1-2,4H3/p+1/t19-,24+/m0/s1. The second kappa shape index (κ2) is 10.1. The topological polar surface area (TPSA) is 79.1 Å². The van der Waals surface area contributed by atoms with Gasteiger partial charge >= 0.3 is 17.6 Å². The third kappa shape index (κ3) is 5.05. The molecule has 1 aromatic heterocycles. The molecule has 0 radical (unpaired) electrons. The average molecular weight is 503 g/mol. The Morgan fingerprint density at radius 3 is 2.76 bits per heavy atom. The number of carbonyl (C=O) groups excluding carboxylic acids is 2. The summed E-state index contributed by atoms with van der Waals surface area (Å²) in [5.41, 5.74) is 3.42. The fourth-order valence-electron chi connectivity index (χ4n) is 5.93. The Bertz CT molecular complexity index is 1240. The Kier molecular flexibility index (Phi) is 6.91. The monoisotopic (exact) mass is 502 g/mol. The molecule has 1 N–H and O–H groups in total. The van der Waals surface area contributed by atoms with Crippen LogP contribution in [0, 0.1) is 12.5 Å². The maximum absolute atomic E-state index is 13.4. The molecule has 0 aliphatic carbocycles. The van der Waals surface area contributed by atoms with E-state index in [0.29, 0.717) is 30.4 Å². The first kappa shape index (κ1) is 25.2. The Hall–Kier alpha value is -3.44. The highest BCUT2D eigenvalue weighted by molar-refractivity contribution is 6.39. The van der Waals surface area contributed by atoms with Crippen molar-refractivity contribution in [2.24, 2.45) is 5.92 Å². The molecule has 3 aliphatic rings. The number of piperidine rings is 2. The SMILES string of the molecule is C#[N+]c1ncc(NC(=O)C(=O)N2C[C@@H](C)CC[C@@H]2c2ccc3c(c2)OC2(CCN(C)CC2)C3)cc1CC. The largest absolute Gasteiger partial charge is 0.487 e. The lowest BCUT2D eigenvalue weighted by atomic mass is 9.86. The van der Waals surface area contributed by atoms with Crippen molar-refractivity contribution >= 4 is 23.3 Å². The Labute approximate surface area is 218 Å². The van der Waals surface area contributed by atoms with Crippen molar-refractivity contribution in [2.75, 3.05) is 32.0 Å². The summed E-state index contributed by atoms with van der Waals surface area (Å²) in [7, 11) is 2.16. The van der Waals surface area contributed by atoms with Gasteiger partial charge in [-0.25, -0.2) is 0 Å². The Morgan fingerprint density at radius 2 is 2.03 bits per heavy atom. The van der Waals surface area contributed by atoms with Gasteiger partial charge in [-0.3, -0.25) is 9.59 Å². The fraction of sp³-hybridized carbons (Fsp3) is 0.517. The fourth-order valence-corrected chi connectivity index (χ4v) is 5.93. The van der Waals surface area contributed by atoms with Crippen molar-refractivity contribution in [3.05, 3.63) is 52.0 Å². The number of aryl methyl sites for hydroxylation is 1. The third-order valence-electron chi connectivity index (χ3n) is 8.19. The van der Waals surface area contributed by atoms with Gasteiger partial charge in [-0.15, -0.1) is 0 Å². The van der Waals surface area contributed by atoms with E-state index in [9.17, 15) is 9.59 Å². The van der Waals surface area contributed by atoms with E-state index in [-0.39, 0.29) is 11.6 Å². The number of fused-ring (bicyclic) bond motifs is 1. The lowest BCUT2D eigenvalue weighted by Crippen LogP contribution is -2.46.